The van der Waals surface area contributed by atoms with Gasteiger partial charge in [-0.15, -0.1) is 0 Å². The molecule has 0 radical (unpaired) electrons. The lowest BCUT2D eigenvalue weighted by atomic mass is 10.2. The van der Waals surface area contributed by atoms with Crippen LogP contribution in [0.1, 0.15) is 5.56 Å². The molecule has 0 spiro atoms. The van der Waals surface area contributed by atoms with Crippen LogP contribution in [0.15, 0.2) is 30.3 Å². The van der Waals surface area contributed by atoms with Crippen LogP contribution < -0.4 is 4.72 Å². The third-order valence-electron chi connectivity index (χ3n) is 2.11. The largest absolute Gasteiger partial charge is 0.334 e. The molecule has 0 heterocycles. The summed E-state index contributed by atoms with van der Waals surface area (Å²) in [5.74, 6) is 0. The fourth-order valence-electron chi connectivity index (χ4n) is 1.26. The van der Waals surface area contributed by atoms with Crippen LogP contribution in [0, 0.1) is 0 Å². The second kappa shape index (κ2) is 8.04. The summed E-state index contributed by atoms with van der Waals surface area (Å²) in [6.07, 6.45) is 0.532. The van der Waals surface area contributed by atoms with Crippen molar-refractivity contribution in [1.82, 2.24) is 8.80 Å². The molecule has 0 saturated heterocycles. The first kappa shape index (κ1) is 16.7. The van der Waals surface area contributed by atoms with Gasteiger partial charge in [-0.1, -0.05) is 42.6 Å². The SMILES string of the molecule is O=C(F)CNSN(CCc1ccccc1)P(=O)(O)S. The Morgan fingerprint density at radius 3 is 2.63 bits per heavy atom. The van der Waals surface area contributed by atoms with E-state index >= 15 is 0 Å². The molecule has 1 aromatic carbocycles. The minimum atomic E-state index is -3.78. The second-order valence-corrected chi connectivity index (χ2v) is 7.85. The number of thiol groups is 1. The Labute approximate surface area is 120 Å². The van der Waals surface area contributed by atoms with Crippen LogP contribution in [0.4, 0.5) is 4.39 Å². The van der Waals surface area contributed by atoms with Gasteiger partial charge in [-0.05, 0) is 12.0 Å². The van der Waals surface area contributed by atoms with Crippen molar-refractivity contribution in [3.8, 4) is 0 Å². The van der Waals surface area contributed by atoms with Gasteiger partial charge in [0.05, 0.1) is 6.54 Å². The molecule has 5 nitrogen and oxygen atoms in total. The van der Waals surface area contributed by atoms with Crippen molar-refractivity contribution < 1.29 is 18.6 Å². The van der Waals surface area contributed by atoms with Gasteiger partial charge in [-0.25, -0.2) is 4.72 Å². The predicted octanol–water partition coefficient (Wildman–Crippen LogP) is 2.21. The Morgan fingerprint density at radius 2 is 2.11 bits per heavy atom. The first-order valence-electron chi connectivity index (χ1n) is 5.35. The second-order valence-electron chi connectivity index (χ2n) is 3.59. The van der Waals surface area contributed by atoms with E-state index in [9.17, 15) is 18.6 Å². The highest BCUT2D eigenvalue weighted by Gasteiger charge is 2.24. The van der Waals surface area contributed by atoms with Gasteiger partial charge >= 0.3 is 12.8 Å². The Balaban J connectivity index is 2.51. The van der Waals surface area contributed by atoms with Crippen LogP contribution in [-0.4, -0.2) is 28.1 Å². The molecule has 0 aliphatic carbocycles. The lowest BCUT2D eigenvalue weighted by Gasteiger charge is -2.22. The molecule has 1 unspecified atom stereocenters. The first-order valence-corrected chi connectivity index (χ1v) is 8.89. The van der Waals surface area contributed by atoms with Gasteiger partial charge in [0.25, 0.3) is 0 Å². The molecule has 0 aromatic heterocycles. The fraction of sp³-hybridized carbons (Fsp3) is 0.300. The highest BCUT2D eigenvalue weighted by atomic mass is 32.7. The maximum Gasteiger partial charge on any atom is 0.334 e. The molecule has 1 rings (SSSR count). The Hall–Kier alpha value is -0.370. The number of halogens is 1. The minimum absolute atomic E-state index is 0.236. The van der Waals surface area contributed by atoms with E-state index in [0.717, 1.165) is 9.64 Å². The maximum absolute atomic E-state index is 12.0. The van der Waals surface area contributed by atoms with Gasteiger partial charge < -0.3 is 4.89 Å². The maximum atomic E-state index is 12.0. The topological polar surface area (TPSA) is 69.6 Å². The minimum Gasteiger partial charge on any atom is -0.325 e. The quantitative estimate of drug-likeness (QED) is 0.295. The van der Waals surface area contributed by atoms with Gasteiger partial charge in [0.2, 0.25) is 0 Å². The molecule has 1 aromatic rings. The molecule has 0 amide bonds. The van der Waals surface area contributed by atoms with E-state index in [2.05, 4.69) is 17.0 Å². The van der Waals surface area contributed by atoms with Crippen LogP contribution in [0.3, 0.4) is 0 Å². The molecule has 0 aliphatic heterocycles. The van der Waals surface area contributed by atoms with Crippen molar-refractivity contribution in [3.05, 3.63) is 35.9 Å². The molecule has 0 saturated carbocycles. The van der Waals surface area contributed by atoms with Crippen LogP contribution in [0.25, 0.3) is 0 Å². The van der Waals surface area contributed by atoms with Crippen LogP contribution in [-0.2, 0) is 15.8 Å². The summed E-state index contributed by atoms with van der Waals surface area (Å²) in [6, 6.07) is 7.85. The van der Waals surface area contributed by atoms with Gasteiger partial charge in [0, 0.05) is 18.7 Å². The van der Waals surface area contributed by atoms with Crippen molar-refractivity contribution in [1.29, 1.82) is 0 Å². The number of benzene rings is 1. The zero-order valence-electron chi connectivity index (χ0n) is 9.90. The van der Waals surface area contributed by atoms with Crippen molar-refractivity contribution >= 4 is 37.1 Å². The summed E-state index contributed by atoms with van der Waals surface area (Å²) in [7, 11) is 0. The average molecular weight is 324 g/mol. The zero-order chi connectivity index (χ0) is 14.3. The predicted molar refractivity (Wildman–Crippen MR) is 77.4 cm³/mol. The van der Waals surface area contributed by atoms with Crippen molar-refractivity contribution in [2.24, 2.45) is 0 Å². The monoisotopic (exact) mass is 324 g/mol. The van der Waals surface area contributed by atoms with E-state index in [1.54, 1.807) is 0 Å². The van der Waals surface area contributed by atoms with Gasteiger partial charge in [-0.3, -0.25) is 9.36 Å². The molecule has 0 fully saturated rings. The van der Waals surface area contributed by atoms with Crippen molar-refractivity contribution in [2.45, 2.75) is 6.42 Å². The molecular formula is C10H14FN2O3PS2. The fourth-order valence-corrected chi connectivity index (χ4v) is 3.33. The Bertz CT molecular complexity index is 457. The molecule has 9 heteroatoms. The molecule has 0 bridgehead atoms. The van der Waals surface area contributed by atoms with E-state index in [4.69, 9.17) is 0 Å². The molecule has 106 valence electrons. The third kappa shape index (κ3) is 7.10. The zero-order valence-corrected chi connectivity index (χ0v) is 12.5. The standard InChI is InChI=1S/C10H14FN2O3PS2/c11-10(14)8-12-19-13(17(15,16)18)7-6-9-4-2-1-3-5-9/h1-5,12H,6-8H2,(H2,15,16,18). The van der Waals surface area contributed by atoms with Crippen LogP contribution in [0.2, 0.25) is 0 Å². The highest BCUT2D eigenvalue weighted by Crippen LogP contribution is 2.52. The van der Waals surface area contributed by atoms with E-state index < -0.39 is 19.3 Å². The average Bonchev–Trinajstić information content (AvgIpc) is 2.33. The van der Waals surface area contributed by atoms with Gasteiger partial charge in [-0.2, -0.15) is 8.47 Å². The van der Waals surface area contributed by atoms with Gasteiger partial charge in [0.15, 0.2) is 0 Å². The molecule has 2 N–H and O–H groups in total. The number of nitrogens with zero attached hydrogens (tertiary/aromatic N) is 1. The normalized spacial score (nSPS) is 14.3. The number of carbonyl (C=O) groups is 1. The number of carbonyl (C=O) groups excluding carboxylic acids is 1. The summed E-state index contributed by atoms with van der Waals surface area (Å²) in [4.78, 5) is 19.6. The van der Waals surface area contributed by atoms with Crippen molar-refractivity contribution in [3.63, 3.8) is 0 Å². The number of hydrogen-bond acceptors (Lipinski definition) is 4. The Kier molecular flexibility index (Phi) is 7.06. The Morgan fingerprint density at radius 1 is 1.47 bits per heavy atom. The number of rotatable bonds is 8. The van der Waals surface area contributed by atoms with Crippen LogP contribution in [0.5, 0.6) is 0 Å². The lowest BCUT2D eigenvalue weighted by Crippen LogP contribution is -2.22. The van der Waals surface area contributed by atoms with E-state index in [1.165, 1.54) is 0 Å². The van der Waals surface area contributed by atoms with E-state index in [1.807, 2.05) is 30.3 Å². The smallest absolute Gasteiger partial charge is 0.325 e. The summed E-state index contributed by atoms with van der Waals surface area (Å²) in [6.45, 7) is -4.07. The summed E-state index contributed by atoms with van der Waals surface area (Å²) in [5.41, 5.74) is 0.997. The summed E-state index contributed by atoms with van der Waals surface area (Å²) >= 11 is 4.33. The summed E-state index contributed by atoms with van der Waals surface area (Å²) in [5, 5.41) is 0. The third-order valence-corrected chi connectivity index (χ3v) is 5.47. The number of hydrogen-bond donors (Lipinski definition) is 3. The molecule has 1 atom stereocenters. The highest BCUT2D eigenvalue weighted by molar-refractivity contribution is 8.46. The van der Waals surface area contributed by atoms with E-state index in [0.29, 0.717) is 18.6 Å². The van der Waals surface area contributed by atoms with Crippen LogP contribution >= 0.6 is 31.1 Å². The van der Waals surface area contributed by atoms with Gasteiger partial charge in [0.1, 0.15) is 0 Å². The molecule has 0 aliphatic rings. The summed E-state index contributed by atoms with van der Waals surface area (Å²) < 4.78 is 27.0. The molecule has 19 heavy (non-hydrogen) atoms. The molecular weight excluding hydrogens is 310 g/mol. The van der Waals surface area contributed by atoms with Crippen molar-refractivity contribution in [2.75, 3.05) is 13.1 Å². The number of nitrogens with one attached hydrogen (secondary N) is 1. The van der Waals surface area contributed by atoms with E-state index in [-0.39, 0.29) is 6.54 Å². The lowest BCUT2D eigenvalue weighted by molar-refractivity contribution is -0.127. The first-order chi connectivity index (χ1) is 8.89.